The highest BCUT2D eigenvalue weighted by Gasteiger charge is 2.36. The first-order valence-corrected chi connectivity index (χ1v) is 6.08. The van der Waals surface area contributed by atoms with E-state index in [1.54, 1.807) is 14.1 Å². The molecule has 2 amide bonds. The van der Waals surface area contributed by atoms with Crippen LogP contribution in [0.15, 0.2) is 28.7 Å². The van der Waals surface area contributed by atoms with Crippen molar-refractivity contribution in [3.05, 3.63) is 34.3 Å². The molecule has 1 fully saturated rings. The number of rotatable bonds is 1. The largest absolute Gasteiger partial charge is 0.335 e. The van der Waals surface area contributed by atoms with Crippen molar-refractivity contribution in [3.8, 4) is 0 Å². The molecule has 1 atom stereocenters. The molecule has 1 aromatic rings. The number of carbonyl (C=O) groups excluding carboxylic acids is 2. The van der Waals surface area contributed by atoms with Crippen molar-refractivity contribution in [2.24, 2.45) is 0 Å². The quantitative estimate of drug-likeness (QED) is 0.736. The van der Waals surface area contributed by atoms with E-state index in [1.807, 2.05) is 24.3 Å². The molecule has 0 aromatic heterocycles. The van der Waals surface area contributed by atoms with Gasteiger partial charge in [-0.1, -0.05) is 34.1 Å². The van der Waals surface area contributed by atoms with E-state index >= 15 is 0 Å². The molecule has 4 nitrogen and oxygen atoms in total. The Balaban J connectivity index is 2.37. The Morgan fingerprint density at radius 2 is 1.82 bits per heavy atom. The number of carbonyl (C=O) groups is 2. The van der Waals surface area contributed by atoms with Crippen molar-refractivity contribution in [3.63, 3.8) is 0 Å². The smallest absolute Gasteiger partial charge is 0.312 e. The first kappa shape index (κ1) is 12.1. The lowest BCUT2D eigenvalue weighted by atomic mass is 10.0. The molecule has 0 bridgehead atoms. The van der Waals surface area contributed by atoms with Gasteiger partial charge in [0, 0.05) is 25.1 Å². The van der Waals surface area contributed by atoms with E-state index in [0.717, 1.165) is 10.0 Å². The van der Waals surface area contributed by atoms with Gasteiger partial charge in [-0.05, 0) is 11.6 Å². The average molecular weight is 297 g/mol. The summed E-state index contributed by atoms with van der Waals surface area (Å²) in [6, 6.07) is 7.65. The standard InChI is InChI=1S/C12H13BrN2O2/c1-14-7-10(15(2)12(17)11(14)16)8-5-3-4-6-9(8)13/h3-6,10H,7H2,1-2H3. The van der Waals surface area contributed by atoms with Gasteiger partial charge in [-0.3, -0.25) is 9.59 Å². The monoisotopic (exact) mass is 296 g/mol. The van der Waals surface area contributed by atoms with Crippen LogP contribution >= 0.6 is 15.9 Å². The van der Waals surface area contributed by atoms with Crippen LogP contribution in [-0.4, -0.2) is 42.3 Å². The SMILES string of the molecule is CN1CC(c2ccccc2Br)N(C)C(=O)C1=O. The Hall–Kier alpha value is -1.36. The van der Waals surface area contributed by atoms with E-state index in [0.29, 0.717) is 6.54 Å². The molecule has 0 aliphatic carbocycles. The van der Waals surface area contributed by atoms with Gasteiger partial charge in [-0.25, -0.2) is 0 Å². The minimum Gasteiger partial charge on any atom is -0.335 e. The van der Waals surface area contributed by atoms with Crippen LogP contribution in [0, 0.1) is 0 Å². The van der Waals surface area contributed by atoms with Crippen molar-refractivity contribution in [1.82, 2.24) is 9.80 Å². The van der Waals surface area contributed by atoms with E-state index < -0.39 is 11.8 Å². The Bertz CT molecular complexity index is 475. The molecule has 1 saturated heterocycles. The lowest BCUT2D eigenvalue weighted by Crippen LogP contribution is -2.52. The Labute approximate surface area is 108 Å². The zero-order valence-electron chi connectivity index (χ0n) is 9.68. The van der Waals surface area contributed by atoms with Crippen molar-refractivity contribution in [2.75, 3.05) is 20.6 Å². The fraction of sp³-hybridized carbons (Fsp3) is 0.333. The fourth-order valence-corrected chi connectivity index (χ4v) is 2.52. The van der Waals surface area contributed by atoms with Crippen LogP contribution in [0.5, 0.6) is 0 Å². The van der Waals surface area contributed by atoms with Crippen LogP contribution in [0.2, 0.25) is 0 Å². The molecule has 5 heteroatoms. The molecule has 1 aliphatic heterocycles. The number of benzene rings is 1. The third-order valence-corrected chi connectivity index (χ3v) is 3.75. The third-order valence-electron chi connectivity index (χ3n) is 3.03. The number of hydrogen-bond donors (Lipinski definition) is 0. The molecule has 2 rings (SSSR count). The number of halogens is 1. The summed E-state index contributed by atoms with van der Waals surface area (Å²) in [5.41, 5.74) is 1.02. The summed E-state index contributed by atoms with van der Waals surface area (Å²) in [5.74, 6) is -0.907. The van der Waals surface area contributed by atoms with E-state index in [-0.39, 0.29) is 6.04 Å². The molecule has 90 valence electrons. The Kier molecular flexibility index (Phi) is 3.19. The van der Waals surface area contributed by atoms with Gasteiger partial charge in [0.25, 0.3) is 0 Å². The minimum absolute atomic E-state index is 0.0965. The van der Waals surface area contributed by atoms with Gasteiger partial charge in [0.15, 0.2) is 0 Å². The first-order chi connectivity index (χ1) is 8.02. The van der Waals surface area contributed by atoms with Crippen molar-refractivity contribution >= 4 is 27.7 Å². The second-order valence-corrected chi connectivity index (χ2v) is 4.99. The van der Waals surface area contributed by atoms with Gasteiger partial charge in [0.05, 0.1) is 6.04 Å². The maximum atomic E-state index is 11.7. The van der Waals surface area contributed by atoms with E-state index in [1.165, 1.54) is 9.80 Å². The van der Waals surface area contributed by atoms with Gasteiger partial charge < -0.3 is 9.80 Å². The summed E-state index contributed by atoms with van der Waals surface area (Å²) >= 11 is 3.47. The maximum absolute atomic E-state index is 11.7. The summed E-state index contributed by atoms with van der Waals surface area (Å²) in [4.78, 5) is 26.2. The third kappa shape index (κ3) is 2.07. The predicted octanol–water partition coefficient (Wildman–Crippen LogP) is 1.42. The van der Waals surface area contributed by atoms with Gasteiger partial charge in [0.1, 0.15) is 0 Å². The van der Waals surface area contributed by atoms with Gasteiger partial charge >= 0.3 is 11.8 Å². The molecule has 1 heterocycles. The highest BCUT2D eigenvalue weighted by molar-refractivity contribution is 9.10. The number of likely N-dealkylation sites (N-methyl/N-ethyl adjacent to an activating group) is 2. The Morgan fingerprint density at radius 3 is 2.47 bits per heavy atom. The molecule has 1 unspecified atom stereocenters. The molecule has 17 heavy (non-hydrogen) atoms. The molecular formula is C12H13BrN2O2. The van der Waals surface area contributed by atoms with E-state index in [9.17, 15) is 9.59 Å². The van der Waals surface area contributed by atoms with Gasteiger partial charge in [-0.15, -0.1) is 0 Å². The van der Waals surface area contributed by atoms with Crippen molar-refractivity contribution in [2.45, 2.75) is 6.04 Å². The zero-order valence-corrected chi connectivity index (χ0v) is 11.3. The summed E-state index contributed by atoms with van der Waals surface area (Å²) in [6.07, 6.45) is 0. The van der Waals surface area contributed by atoms with Crippen LogP contribution in [-0.2, 0) is 9.59 Å². The normalized spacial score (nSPS) is 21.0. The first-order valence-electron chi connectivity index (χ1n) is 5.29. The zero-order chi connectivity index (χ0) is 12.6. The molecule has 0 N–H and O–H groups in total. The number of nitrogens with zero attached hydrogens (tertiary/aromatic N) is 2. The lowest BCUT2D eigenvalue weighted by molar-refractivity contribution is -0.156. The molecule has 1 aliphatic rings. The topological polar surface area (TPSA) is 40.6 Å². The summed E-state index contributed by atoms with van der Waals surface area (Å²) in [6.45, 7) is 0.518. The second kappa shape index (κ2) is 4.49. The van der Waals surface area contributed by atoms with Crippen LogP contribution in [0.3, 0.4) is 0 Å². The number of amides is 2. The predicted molar refractivity (Wildman–Crippen MR) is 67.3 cm³/mol. The fourth-order valence-electron chi connectivity index (χ4n) is 1.97. The van der Waals surface area contributed by atoms with Crippen molar-refractivity contribution < 1.29 is 9.59 Å². The molecular weight excluding hydrogens is 284 g/mol. The summed E-state index contributed by atoms with van der Waals surface area (Å²) in [7, 11) is 3.31. The van der Waals surface area contributed by atoms with Gasteiger partial charge in [0.2, 0.25) is 0 Å². The summed E-state index contributed by atoms with van der Waals surface area (Å²) < 4.78 is 0.951. The molecule has 0 spiro atoms. The molecule has 0 radical (unpaired) electrons. The van der Waals surface area contributed by atoms with Crippen LogP contribution in [0.1, 0.15) is 11.6 Å². The van der Waals surface area contributed by atoms with Crippen LogP contribution in [0.4, 0.5) is 0 Å². The van der Waals surface area contributed by atoms with Gasteiger partial charge in [-0.2, -0.15) is 0 Å². The number of hydrogen-bond acceptors (Lipinski definition) is 2. The van der Waals surface area contributed by atoms with Crippen LogP contribution in [0.25, 0.3) is 0 Å². The maximum Gasteiger partial charge on any atom is 0.312 e. The lowest BCUT2D eigenvalue weighted by Gasteiger charge is -2.37. The minimum atomic E-state index is -0.459. The van der Waals surface area contributed by atoms with Crippen LogP contribution < -0.4 is 0 Å². The molecule has 1 aromatic carbocycles. The Morgan fingerprint density at radius 1 is 1.18 bits per heavy atom. The average Bonchev–Trinajstić information content (AvgIpc) is 2.32. The van der Waals surface area contributed by atoms with E-state index in [2.05, 4.69) is 15.9 Å². The van der Waals surface area contributed by atoms with E-state index in [4.69, 9.17) is 0 Å². The summed E-state index contributed by atoms with van der Waals surface area (Å²) in [5, 5.41) is 0. The number of piperazine rings is 1. The highest BCUT2D eigenvalue weighted by Crippen LogP contribution is 2.29. The highest BCUT2D eigenvalue weighted by atomic mass is 79.9. The van der Waals surface area contributed by atoms with Crippen molar-refractivity contribution in [1.29, 1.82) is 0 Å². The second-order valence-electron chi connectivity index (χ2n) is 4.14. The molecule has 0 saturated carbocycles.